The normalized spacial score (nSPS) is 16.6. The molecule has 2 rings (SSSR count). The van der Waals surface area contributed by atoms with Gasteiger partial charge in [0.1, 0.15) is 0 Å². The van der Waals surface area contributed by atoms with Crippen LogP contribution in [0.25, 0.3) is 0 Å². The monoisotopic (exact) mass is 233 g/mol. The molecule has 0 atom stereocenters. The van der Waals surface area contributed by atoms with E-state index in [0.29, 0.717) is 6.54 Å². The third kappa shape index (κ3) is 2.64. The summed E-state index contributed by atoms with van der Waals surface area (Å²) in [5, 5.41) is 3.11. The number of nitrogens with one attached hydrogen (secondary N) is 1. The van der Waals surface area contributed by atoms with Crippen LogP contribution in [0.1, 0.15) is 18.5 Å². The minimum atomic E-state index is -0.141. The summed E-state index contributed by atoms with van der Waals surface area (Å²) in [4.78, 5) is 18.3. The van der Waals surface area contributed by atoms with Gasteiger partial charge in [0.05, 0.1) is 17.7 Å². The molecule has 4 nitrogen and oxygen atoms in total. The molecule has 0 aromatic carbocycles. The van der Waals surface area contributed by atoms with Crippen LogP contribution in [0.4, 0.5) is 0 Å². The molecule has 1 fully saturated rings. The quantitative estimate of drug-likeness (QED) is 0.826. The van der Waals surface area contributed by atoms with Crippen molar-refractivity contribution < 1.29 is 4.79 Å². The highest BCUT2D eigenvalue weighted by Crippen LogP contribution is 2.46. The summed E-state index contributed by atoms with van der Waals surface area (Å²) in [5.41, 5.74) is 0.793. The molecular weight excluding hydrogens is 214 g/mol. The number of aromatic nitrogens is 1. The number of nitrogens with zero attached hydrogens (tertiary/aromatic N) is 2. The summed E-state index contributed by atoms with van der Waals surface area (Å²) < 4.78 is 0. The number of pyridine rings is 1. The molecule has 4 heteroatoms. The largest absolute Gasteiger partial charge is 0.339 e. The van der Waals surface area contributed by atoms with Crippen LogP contribution in [-0.2, 0) is 11.3 Å². The topological polar surface area (TPSA) is 45.2 Å². The lowest BCUT2D eigenvalue weighted by molar-refractivity contribution is -0.136. The predicted octanol–water partition coefficient (Wildman–Crippen LogP) is 1.04. The highest BCUT2D eigenvalue weighted by molar-refractivity contribution is 5.85. The molecule has 0 bridgehead atoms. The number of carbonyl (C=O) groups excluding carboxylic acids is 1. The van der Waals surface area contributed by atoms with Crippen molar-refractivity contribution >= 4 is 5.91 Å². The van der Waals surface area contributed by atoms with E-state index < -0.39 is 0 Å². The van der Waals surface area contributed by atoms with E-state index in [2.05, 4.69) is 10.3 Å². The fourth-order valence-corrected chi connectivity index (χ4v) is 2.17. The van der Waals surface area contributed by atoms with Crippen molar-refractivity contribution in [2.75, 3.05) is 20.6 Å². The molecule has 0 saturated heterocycles. The molecule has 1 aromatic heterocycles. The van der Waals surface area contributed by atoms with Crippen molar-refractivity contribution in [2.45, 2.75) is 19.4 Å². The first-order valence-electron chi connectivity index (χ1n) is 5.98. The smallest absolute Gasteiger partial charge is 0.230 e. The van der Waals surface area contributed by atoms with Gasteiger partial charge in [-0.2, -0.15) is 0 Å². The first-order chi connectivity index (χ1) is 8.18. The van der Waals surface area contributed by atoms with E-state index in [1.54, 1.807) is 11.1 Å². The second-order valence-corrected chi connectivity index (χ2v) is 4.79. The molecule has 1 aromatic rings. The van der Waals surface area contributed by atoms with Gasteiger partial charge in [0.2, 0.25) is 5.91 Å². The van der Waals surface area contributed by atoms with Gasteiger partial charge < -0.3 is 10.2 Å². The van der Waals surface area contributed by atoms with Gasteiger partial charge in [-0.1, -0.05) is 6.07 Å². The first kappa shape index (κ1) is 12.0. The molecule has 1 aliphatic rings. The first-order valence-corrected chi connectivity index (χ1v) is 5.98. The lowest BCUT2D eigenvalue weighted by Crippen LogP contribution is -2.38. The lowest BCUT2D eigenvalue weighted by atomic mass is 10.1. The van der Waals surface area contributed by atoms with Gasteiger partial charge in [0, 0.05) is 19.8 Å². The van der Waals surface area contributed by atoms with Gasteiger partial charge in [0.25, 0.3) is 0 Å². The van der Waals surface area contributed by atoms with Crippen molar-refractivity contribution in [3.05, 3.63) is 30.1 Å². The van der Waals surface area contributed by atoms with Crippen LogP contribution < -0.4 is 5.32 Å². The zero-order chi connectivity index (χ0) is 12.3. The van der Waals surface area contributed by atoms with E-state index >= 15 is 0 Å². The van der Waals surface area contributed by atoms with Gasteiger partial charge in [-0.15, -0.1) is 0 Å². The summed E-state index contributed by atoms with van der Waals surface area (Å²) in [7, 11) is 3.75. The van der Waals surface area contributed by atoms with Crippen molar-refractivity contribution in [1.29, 1.82) is 0 Å². The van der Waals surface area contributed by atoms with Crippen molar-refractivity contribution in [3.63, 3.8) is 0 Å². The standard InChI is InChI=1S/C13H19N3O/c1-14-10-13(6-7-13)12(17)16(2)9-11-5-3-4-8-15-11/h3-5,8,14H,6-7,9-10H2,1-2H3. The van der Waals surface area contributed by atoms with Gasteiger partial charge >= 0.3 is 0 Å². The van der Waals surface area contributed by atoms with Crippen LogP contribution in [0.3, 0.4) is 0 Å². The molecule has 1 N–H and O–H groups in total. The van der Waals surface area contributed by atoms with Crippen LogP contribution in [0.5, 0.6) is 0 Å². The molecular formula is C13H19N3O. The highest BCUT2D eigenvalue weighted by Gasteiger charge is 2.50. The van der Waals surface area contributed by atoms with E-state index in [1.165, 1.54) is 0 Å². The molecule has 1 amide bonds. The van der Waals surface area contributed by atoms with Crippen LogP contribution in [0.2, 0.25) is 0 Å². The maximum absolute atomic E-state index is 12.3. The minimum Gasteiger partial charge on any atom is -0.339 e. The molecule has 1 aliphatic carbocycles. The zero-order valence-corrected chi connectivity index (χ0v) is 10.4. The van der Waals surface area contributed by atoms with Crippen molar-refractivity contribution in [3.8, 4) is 0 Å². The second-order valence-electron chi connectivity index (χ2n) is 4.79. The molecule has 0 aliphatic heterocycles. The summed E-state index contributed by atoms with van der Waals surface area (Å²) in [6.45, 7) is 1.36. The van der Waals surface area contributed by atoms with Crippen LogP contribution in [0.15, 0.2) is 24.4 Å². The van der Waals surface area contributed by atoms with Crippen LogP contribution >= 0.6 is 0 Å². The summed E-state index contributed by atoms with van der Waals surface area (Å²) in [5.74, 6) is 0.234. The molecule has 92 valence electrons. The van der Waals surface area contributed by atoms with Crippen molar-refractivity contribution in [2.24, 2.45) is 5.41 Å². The van der Waals surface area contributed by atoms with E-state index in [9.17, 15) is 4.79 Å². The average molecular weight is 233 g/mol. The third-order valence-corrected chi connectivity index (χ3v) is 3.29. The number of hydrogen-bond donors (Lipinski definition) is 1. The van der Waals surface area contributed by atoms with Crippen LogP contribution in [-0.4, -0.2) is 36.4 Å². The molecule has 1 heterocycles. The van der Waals surface area contributed by atoms with E-state index in [1.807, 2.05) is 32.3 Å². The molecule has 1 saturated carbocycles. The van der Waals surface area contributed by atoms with Gasteiger partial charge in [0.15, 0.2) is 0 Å². The molecule has 0 unspecified atom stereocenters. The molecule has 0 spiro atoms. The Kier molecular flexibility index (Phi) is 3.43. The van der Waals surface area contributed by atoms with E-state index in [-0.39, 0.29) is 11.3 Å². The van der Waals surface area contributed by atoms with Gasteiger partial charge in [-0.25, -0.2) is 0 Å². The Morgan fingerprint density at radius 1 is 1.53 bits per heavy atom. The average Bonchev–Trinajstić information content (AvgIpc) is 3.11. The SMILES string of the molecule is CNCC1(C(=O)N(C)Cc2ccccn2)CC1. The Bertz CT molecular complexity index is 387. The second kappa shape index (κ2) is 4.84. The van der Waals surface area contributed by atoms with Crippen LogP contribution in [0, 0.1) is 5.41 Å². The number of carbonyl (C=O) groups is 1. The van der Waals surface area contributed by atoms with Gasteiger partial charge in [-0.05, 0) is 32.0 Å². The maximum atomic E-state index is 12.3. The molecule has 0 radical (unpaired) electrons. The predicted molar refractivity (Wildman–Crippen MR) is 66.3 cm³/mol. The maximum Gasteiger partial charge on any atom is 0.230 e. The Hall–Kier alpha value is -1.42. The lowest BCUT2D eigenvalue weighted by Gasteiger charge is -2.23. The number of amides is 1. The van der Waals surface area contributed by atoms with E-state index in [4.69, 9.17) is 0 Å². The van der Waals surface area contributed by atoms with Crippen molar-refractivity contribution in [1.82, 2.24) is 15.2 Å². The summed E-state index contributed by atoms with van der Waals surface area (Å²) in [6, 6.07) is 5.78. The fraction of sp³-hybridized carbons (Fsp3) is 0.538. The minimum absolute atomic E-state index is 0.141. The fourth-order valence-electron chi connectivity index (χ4n) is 2.17. The zero-order valence-electron chi connectivity index (χ0n) is 10.4. The Morgan fingerprint density at radius 3 is 2.82 bits per heavy atom. The Morgan fingerprint density at radius 2 is 2.29 bits per heavy atom. The summed E-state index contributed by atoms with van der Waals surface area (Å²) >= 11 is 0. The summed E-state index contributed by atoms with van der Waals surface area (Å²) in [6.07, 6.45) is 3.76. The highest BCUT2D eigenvalue weighted by atomic mass is 16.2. The van der Waals surface area contributed by atoms with E-state index in [0.717, 1.165) is 25.1 Å². The Balaban J connectivity index is 1.96. The number of hydrogen-bond acceptors (Lipinski definition) is 3. The third-order valence-electron chi connectivity index (χ3n) is 3.29. The van der Waals surface area contributed by atoms with Gasteiger partial charge in [-0.3, -0.25) is 9.78 Å². The number of rotatable bonds is 5. The molecule has 17 heavy (non-hydrogen) atoms. The Labute approximate surface area is 102 Å².